The van der Waals surface area contributed by atoms with Gasteiger partial charge < -0.3 is 0 Å². The molecule has 0 amide bonds. The highest BCUT2D eigenvalue weighted by molar-refractivity contribution is 6.30. The molecule has 1 atom stereocenters. The van der Waals surface area contributed by atoms with Crippen molar-refractivity contribution in [2.75, 3.05) is 0 Å². The number of hydrogen-bond donors (Lipinski definition) is 2. The van der Waals surface area contributed by atoms with Gasteiger partial charge in [0.05, 0.1) is 5.02 Å². The van der Waals surface area contributed by atoms with Crippen molar-refractivity contribution >= 4 is 11.6 Å². The molecule has 4 heteroatoms. The van der Waals surface area contributed by atoms with Crippen LogP contribution in [0.1, 0.15) is 24.9 Å². The third kappa shape index (κ3) is 2.40. The van der Waals surface area contributed by atoms with Crippen molar-refractivity contribution in [1.29, 1.82) is 0 Å². The first-order valence-corrected chi connectivity index (χ1v) is 4.48. The Kier molecular flexibility index (Phi) is 3.66. The van der Waals surface area contributed by atoms with Crippen molar-refractivity contribution in [1.82, 2.24) is 5.43 Å². The van der Waals surface area contributed by atoms with E-state index in [4.69, 9.17) is 17.4 Å². The van der Waals surface area contributed by atoms with Crippen LogP contribution in [0.15, 0.2) is 18.2 Å². The van der Waals surface area contributed by atoms with Crippen molar-refractivity contribution in [2.45, 2.75) is 19.4 Å². The minimum atomic E-state index is -0.409. The van der Waals surface area contributed by atoms with Gasteiger partial charge in [0.1, 0.15) is 5.82 Å². The Balaban J connectivity index is 2.95. The number of nitrogens with one attached hydrogen (secondary N) is 1. The Labute approximate surface area is 81.9 Å². The lowest BCUT2D eigenvalue weighted by molar-refractivity contribution is 0.533. The predicted octanol–water partition coefficient (Wildman–Crippen LogP) is 2.39. The molecule has 2 nitrogen and oxygen atoms in total. The minimum absolute atomic E-state index is 0.0215. The quantitative estimate of drug-likeness (QED) is 0.584. The summed E-state index contributed by atoms with van der Waals surface area (Å²) in [6.45, 7) is 1.97. The lowest BCUT2D eigenvalue weighted by Crippen LogP contribution is -2.27. The van der Waals surface area contributed by atoms with Gasteiger partial charge in [-0.1, -0.05) is 24.6 Å². The Hall–Kier alpha value is -0.640. The van der Waals surface area contributed by atoms with E-state index in [0.717, 1.165) is 12.0 Å². The summed E-state index contributed by atoms with van der Waals surface area (Å²) in [7, 11) is 0. The number of hydrogen-bond acceptors (Lipinski definition) is 2. The molecule has 0 radical (unpaired) electrons. The topological polar surface area (TPSA) is 38.0 Å². The van der Waals surface area contributed by atoms with Crippen molar-refractivity contribution in [3.8, 4) is 0 Å². The van der Waals surface area contributed by atoms with Crippen LogP contribution in [0.2, 0.25) is 5.02 Å². The summed E-state index contributed by atoms with van der Waals surface area (Å²) in [4.78, 5) is 0. The summed E-state index contributed by atoms with van der Waals surface area (Å²) >= 11 is 5.55. The monoisotopic (exact) mass is 202 g/mol. The molecule has 0 aliphatic rings. The fourth-order valence-electron chi connectivity index (χ4n) is 1.18. The van der Waals surface area contributed by atoms with Gasteiger partial charge >= 0.3 is 0 Å². The van der Waals surface area contributed by atoms with E-state index in [1.54, 1.807) is 6.07 Å². The molecule has 1 aromatic carbocycles. The number of benzene rings is 1. The second kappa shape index (κ2) is 4.56. The maximum Gasteiger partial charge on any atom is 0.142 e. The molecule has 0 bridgehead atoms. The van der Waals surface area contributed by atoms with Gasteiger partial charge in [0.15, 0.2) is 0 Å². The van der Waals surface area contributed by atoms with Gasteiger partial charge in [-0.3, -0.25) is 11.3 Å². The van der Waals surface area contributed by atoms with Crippen LogP contribution >= 0.6 is 11.6 Å². The number of hydrazine groups is 1. The summed E-state index contributed by atoms with van der Waals surface area (Å²) in [5.74, 6) is 4.89. The van der Waals surface area contributed by atoms with Crippen LogP contribution in [0, 0.1) is 5.82 Å². The van der Waals surface area contributed by atoms with E-state index >= 15 is 0 Å². The van der Waals surface area contributed by atoms with Crippen LogP contribution < -0.4 is 11.3 Å². The predicted molar refractivity (Wildman–Crippen MR) is 51.8 cm³/mol. The van der Waals surface area contributed by atoms with E-state index in [2.05, 4.69) is 5.43 Å². The van der Waals surface area contributed by atoms with Crippen molar-refractivity contribution in [3.05, 3.63) is 34.6 Å². The molecule has 1 aromatic rings. The molecule has 1 unspecified atom stereocenters. The van der Waals surface area contributed by atoms with Crippen molar-refractivity contribution in [2.24, 2.45) is 5.84 Å². The molecule has 0 fully saturated rings. The third-order valence-electron chi connectivity index (χ3n) is 1.96. The highest BCUT2D eigenvalue weighted by Gasteiger charge is 2.08. The van der Waals surface area contributed by atoms with Crippen molar-refractivity contribution < 1.29 is 4.39 Å². The normalized spacial score (nSPS) is 12.9. The van der Waals surface area contributed by atoms with Gasteiger partial charge in [-0.05, 0) is 24.1 Å². The summed E-state index contributed by atoms with van der Waals surface area (Å²) in [6, 6.07) is 4.67. The Morgan fingerprint density at radius 1 is 1.62 bits per heavy atom. The molecule has 13 heavy (non-hydrogen) atoms. The maximum atomic E-state index is 13.0. The molecule has 1 rings (SSSR count). The molecule has 0 saturated carbocycles. The van der Waals surface area contributed by atoms with Crippen LogP contribution in [0.25, 0.3) is 0 Å². The van der Waals surface area contributed by atoms with Gasteiger partial charge in [-0.15, -0.1) is 0 Å². The highest BCUT2D eigenvalue weighted by atomic mass is 35.5. The molecule has 72 valence electrons. The summed E-state index contributed by atoms with van der Waals surface area (Å²) in [6.07, 6.45) is 0.803. The molecular formula is C9H12ClFN2. The van der Waals surface area contributed by atoms with Crippen LogP contribution in [0.4, 0.5) is 4.39 Å². The Bertz CT molecular complexity index is 287. The molecule has 3 N–H and O–H groups in total. The fourth-order valence-corrected chi connectivity index (χ4v) is 1.30. The van der Waals surface area contributed by atoms with E-state index in [-0.39, 0.29) is 11.1 Å². The van der Waals surface area contributed by atoms with E-state index in [0.29, 0.717) is 0 Å². The molecule has 0 aliphatic carbocycles. The number of rotatable bonds is 3. The average molecular weight is 203 g/mol. The van der Waals surface area contributed by atoms with Crippen molar-refractivity contribution in [3.63, 3.8) is 0 Å². The minimum Gasteiger partial charge on any atom is -0.271 e. The van der Waals surface area contributed by atoms with E-state index in [1.807, 2.05) is 6.92 Å². The molecular weight excluding hydrogens is 191 g/mol. The lowest BCUT2D eigenvalue weighted by atomic mass is 10.1. The van der Waals surface area contributed by atoms with Gasteiger partial charge in [0.2, 0.25) is 0 Å². The van der Waals surface area contributed by atoms with Gasteiger partial charge in [-0.25, -0.2) is 4.39 Å². The Morgan fingerprint density at radius 2 is 2.31 bits per heavy atom. The first-order valence-electron chi connectivity index (χ1n) is 4.10. The standard InChI is InChI=1S/C9H12ClFN2/c1-2-9(13-12)6-3-4-7(10)8(11)5-6/h3-5,9,13H,2,12H2,1H3. The summed E-state index contributed by atoms with van der Waals surface area (Å²) < 4.78 is 13.0. The van der Waals surface area contributed by atoms with E-state index < -0.39 is 5.82 Å². The fraction of sp³-hybridized carbons (Fsp3) is 0.333. The number of halogens is 2. The van der Waals surface area contributed by atoms with Crippen LogP contribution in [-0.4, -0.2) is 0 Å². The molecule has 0 aromatic heterocycles. The first kappa shape index (κ1) is 10.4. The molecule has 0 saturated heterocycles. The van der Waals surface area contributed by atoms with Gasteiger partial charge in [0.25, 0.3) is 0 Å². The van der Waals surface area contributed by atoms with Gasteiger partial charge in [0, 0.05) is 6.04 Å². The first-order chi connectivity index (χ1) is 6.19. The number of nitrogens with two attached hydrogens (primary N) is 1. The van der Waals surface area contributed by atoms with E-state index in [9.17, 15) is 4.39 Å². The largest absolute Gasteiger partial charge is 0.271 e. The zero-order valence-electron chi connectivity index (χ0n) is 7.35. The maximum absolute atomic E-state index is 13.0. The average Bonchev–Trinajstić information content (AvgIpc) is 2.13. The smallest absolute Gasteiger partial charge is 0.142 e. The lowest BCUT2D eigenvalue weighted by Gasteiger charge is -2.13. The Morgan fingerprint density at radius 3 is 2.77 bits per heavy atom. The third-order valence-corrected chi connectivity index (χ3v) is 2.26. The van der Waals surface area contributed by atoms with Crippen LogP contribution in [0.5, 0.6) is 0 Å². The SMILES string of the molecule is CCC(NN)c1ccc(Cl)c(F)c1. The molecule has 0 aliphatic heterocycles. The van der Waals surface area contributed by atoms with Crippen LogP contribution in [-0.2, 0) is 0 Å². The molecule has 0 heterocycles. The summed E-state index contributed by atoms with van der Waals surface area (Å²) in [5.41, 5.74) is 3.42. The van der Waals surface area contributed by atoms with Gasteiger partial charge in [-0.2, -0.15) is 0 Å². The van der Waals surface area contributed by atoms with E-state index in [1.165, 1.54) is 12.1 Å². The zero-order chi connectivity index (χ0) is 9.84. The highest BCUT2D eigenvalue weighted by Crippen LogP contribution is 2.21. The van der Waals surface area contributed by atoms with Crippen LogP contribution in [0.3, 0.4) is 0 Å². The molecule has 0 spiro atoms. The second-order valence-corrected chi connectivity index (χ2v) is 3.21. The summed E-state index contributed by atoms with van der Waals surface area (Å²) in [5, 5.41) is 0.135. The zero-order valence-corrected chi connectivity index (χ0v) is 8.11. The second-order valence-electron chi connectivity index (χ2n) is 2.80.